The molecule has 0 unspecified atom stereocenters. The summed E-state index contributed by atoms with van der Waals surface area (Å²) in [4.78, 5) is 11.7. The van der Waals surface area contributed by atoms with Crippen LogP contribution in [0.3, 0.4) is 0 Å². The molecule has 1 aliphatic carbocycles. The number of hydrogen-bond acceptors (Lipinski definition) is 6. The minimum atomic E-state index is 0.780. The number of fused-ring (bicyclic) bond motifs is 3. The molecule has 0 radical (unpaired) electrons. The van der Waals surface area contributed by atoms with Gasteiger partial charge in [0.2, 0.25) is 0 Å². The van der Waals surface area contributed by atoms with Crippen LogP contribution < -0.4 is 0 Å². The van der Waals surface area contributed by atoms with Crippen molar-refractivity contribution < 1.29 is 4.52 Å². The van der Waals surface area contributed by atoms with Crippen molar-refractivity contribution >= 4 is 33.3 Å². The Morgan fingerprint density at radius 1 is 1.41 bits per heavy atom. The second-order valence-electron chi connectivity index (χ2n) is 5.93. The van der Waals surface area contributed by atoms with Crippen LogP contribution in [0.1, 0.15) is 35.2 Å². The van der Waals surface area contributed by atoms with Crippen molar-refractivity contribution in [2.75, 3.05) is 0 Å². The maximum Gasteiger partial charge on any atom is 0.133 e. The highest BCUT2D eigenvalue weighted by atomic mass is 32.2. The zero-order chi connectivity index (χ0) is 15.1. The Balaban J connectivity index is 1.68. The van der Waals surface area contributed by atoms with Gasteiger partial charge in [-0.05, 0) is 37.7 Å². The highest BCUT2D eigenvalue weighted by Gasteiger charge is 2.23. The average molecular weight is 331 g/mol. The quantitative estimate of drug-likeness (QED) is 0.526. The van der Waals surface area contributed by atoms with Crippen molar-refractivity contribution in [3.8, 4) is 0 Å². The topological polar surface area (TPSA) is 51.8 Å². The first-order valence-corrected chi connectivity index (χ1v) is 9.31. The highest BCUT2D eigenvalue weighted by Crippen LogP contribution is 2.40. The summed E-state index contributed by atoms with van der Waals surface area (Å²) < 4.78 is 5.13. The molecule has 0 amide bonds. The van der Waals surface area contributed by atoms with Gasteiger partial charge in [-0.1, -0.05) is 23.8 Å². The largest absolute Gasteiger partial charge is 0.361 e. The third-order valence-corrected chi connectivity index (χ3v) is 6.28. The molecule has 0 N–H and O–H groups in total. The van der Waals surface area contributed by atoms with Gasteiger partial charge in [-0.2, -0.15) is 0 Å². The minimum Gasteiger partial charge on any atom is -0.361 e. The Kier molecular flexibility index (Phi) is 3.66. The van der Waals surface area contributed by atoms with Crippen LogP contribution in [0.2, 0.25) is 0 Å². The third kappa shape index (κ3) is 2.54. The number of thiophene rings is 1. The van der Waals surface area contributed by atoms with Gasteiger partial charge in [-0.15, -0.1) is 11.3 Å². The molecule has 3 aromatic rings. The fraction of sp³-hybridized carbons (Fsp3) is 0.438. The van der Waals surface area contributed by atoms with Crippen LogP contribution in [0.4, 0.5) is 0 Å². The van der Waals surface area contributed by atoms with Gasteiger partial charge in [0.25, 0.3) is 0 Å². The van der Waals surface area contributed by atoms with E-state index in [1.165, 1.54) is 28.7 Å². The summed E-state index contributed by atoms with van der Waals surface area (Å²) >= 11 is 3.57. The van der Waals surface area contributed by atoms with Crippen LogP contribution >= 0.6 is 23.1 Å². The van der Waals surface area contributed by atoms with Crippen LogP contribution in [0.15, 0.2) is 21.9 Å². The summed E-state index contributed by atoms with van der Waals surface area (Å²) in [6.45, 7) is 4.25. The lowest BCUT2D eigenvalue weighted by molar-refractivity contribution is 0.393. The molecule has 0 fully saturated rings. The molecule has 0 saturated heterocycles. The zero-order valence-corrected chi connectivity index (χ0v) is 14.3. The number of aromatic nitrogens is 3. The molecule has 114 valence electrons. The van der Waals surface area contributed by atoms with Crippen molar-refractivity contribution in [3.05, 3.63) is 34.3 Å². The fourth-order valence-electron chi connectivity index (χ4n) is 2.98. The van der Waals surface area contributed by atoms with Gasteiger partial charge in [0, 0.05) is 22.1 Å². The lowest BCUT2D eigenvalue weighted by Crippen LogP contribution is -2.08. The predicted octanol–water partition coefficient (Wildman–Crippen LogP) is 4.40. The molecule has 3 heterocycles. The predicted molar refractivity (Wildman–Crippen MR) is 89.4 cm³/mol. The maximum absolute atomic E-state index is 5.13. The molecule has 0 spiro atoms. The average Bonchev–Trinajstić information content (AvgIpc) is 3.07. The summed E-state index contributed by atoms with van der Waals surface area (Å²) in [6, 6.07) is 1.98. The van der Waals surface area contributed by atoms with Crippen LogP contribution in [0.25, 0.3) is 10.2 Å². The summed E-state index contributed by atoms with van der Waals surface area (Å²) in [6.07, 6.45) is 5.29. The smallest absolute Gasteiger partial charge is 0.133 e. The second kappa shape index (κ2) is 5.66. The first-order valence-electron chi connectivity index (χ1n) is 7.51. The lowest BCUT2D eigenvalue weighted by atomic mass is 9.89. The molecule has 6 heteroatoms. The molecule has 1 atom stereocenters. The number of nitrogens with zero attached hydrogens (tertiary/aromatic N) is 3. The van der Waals surface area contributed by atoms with Crippen LogP contribution in [0.5, 0.6) is 0 Å². The molecule has 0 saturated carbocycles. The van der Waals surface area contributed by atoms with E-state index in [1.807, 2.05) is 24.3 Å². The summed E-state index contributed by atoms with van der Waals surface area (Å²) in [5.41, 5.74) is 2.45. The molecular formula is C16H17N3OS2. The van der Waals surface area contributed by atoms with Crippen LogP contribution in [0, 0.1) is 12.8 Å². The first-order chi connectivity index (χ1) is 10.7. The van der Waals surface area contributed by atoms with E-state index in [0.29, 0.717) is 0 Å². The summed E-state index contributed by atoms with van der Waals surface area (Å²) in [5, 5.41) is 6.42. The Morgan fingerprint density at radius 2 is 2.32 bits per heavy atom. The molecule has 0 aliphatic heterocycles. The van der Waals surface area contributed by atoms with Gasteiger partial charge in [-0.25, -0.2) is 9.97 Å². The van der Waals surface area contributed by atoms with Crippen molar-refractivity contribution in [3.63, 3.8) is 0 Å². The van der Waals surface area contributed by atoms with E-state index in [-0.39, 0.29) is 0 Å². The molecule has 0 bridgehead atoms. The van der Waals surface area contributed by atoms with Crippen LogP contribution in [-0.4, -0.2) is 15.1 Å². The number of hydrogen-bond donors (Lipinski definition) is 0. The fourth-order valence-corrected chi connectivity index (χ4v) is 5.31. The maximum atomic E-state index is 5.13. The van der Waals surface area contributed by atoms with E-state index < -0.39 is 0 Å². The van der Waals surface area contributed by atoms with E-state index in [4.69, 9.17) is 4.52 Å². The number of aryl methyl sites for hydroxylation is 2. The van der Waals surface area contributed by atoms with Gasteiger partial charge in [0.15, 0.2) is 0 Å². The monoisotopic (exact) mass is 331 g/mol. The van der Waals surface area contributed by atoms with Crippen molar-refractivity contribution in [2.24, 2.45) is 5.92 Å². The van der Waals surface area contributed by atoms with Gasteiger partial charge in [0.05, 0.1) is 5.69 Å². The Labute approximate surface area is 137 Å². The third-order valence-electron chi connectivity index (χ3n) is 4.09. The van der Waals surface area contributed by atoms with E-state index in [1.54, 1.807) is 18.1 Å². The molecular weight excluding hydrogens is 314 g/mol. The first kappa shape index (κ1) is 14.2. The summed E-state index contributed by atoms with van der Waals surface area (Å²) in [7, 11) is 0. The number of thioether (sulfide) groups is 1. The van der Waals surface area contributed by atoms with E-state index in [0.717, 1.165) is 39.4 Å². The lowest BCUT2D eigenvalue weighted by Gasteiger charge is -2.18. The van der Waals surface area contributed by atoms with Crippen molar-refractivity contribution in [2.45, 2.75) is 43.9 Å². The van der Waals surface area contributed by atoms with Crippen LogP contribution in [-0.2, 0) is 18.6 Å². The molecule has 4 nitrogen and oxygen atoms in total. The Bertz CT molecular complexity index is 824. The molecule has 4 rings (SSSR count). The van der Waals surface area contributed by atoms with Gasteiger partial charge in [-0.3, -0.25) is 0 Å². The highest BCUT2D eigenvalue weighted by molar-refractivity contribution is 7.98. The molecule has 0 aromatic carbocycles. The SMILES string of the molecule is Cc1cc(CSc2ncnc3sc4c(c23)CC[C@@H](C)C4)no1. The Morgan fingerprint density at radius 3 is 3.14 bits per heavy atom. The normalized spacial score (nSPS) is 17.8. The summed E-state index contributed by atoms with van der Waals surface area (Å²) in [5.74, 6) is 2.41. The standard InChI is InChI=1S/C16H17N3OS2/c1-9-3-4-12-13(5-9)22-16-14(12)15(17-8-18-16)21-7-11-6-10(2)20-19-11/h6,8-9H,3-5,7H2,1-2H3/t9-/m1/s1. The molecule has 1 aliphatic rings. The second-order valence-corrected chi connectivity index (χ2v) is 7.98. The van der Waals surface area contributed by atoms with Crippen molar-refractivity contribution in [1.82, 2.24) is 15.1 Å². The van der Waals surface area contributed by atoms with E-state index in [2.05, 4.69) is 22.0 Å². The van der Waals surface area contributed by atoms with E-state index >= 15 is 0 Å². The van der Waals surface area contributed by atoms with E-state index in [9.17, 15) is 0 Å². The molecule has 22 heavy (non-hydrogen) atoms. The molecule has 3 aromatic heterocycles. The van der Waals surface area contributed by atoms with Gasteiger partial charge in [0.1, 0.15) is 21.9 Å². The van der Waals surface area contributed by atoms with Gasteiger partial charge < -0.3 is 4.52 Å². The zero-order valence-electron chi connectivity index (χ0n) is 12.6. The number of rotatable bonds is 3. The van der Waals surface area contributed by atoms with Crippen molar-refractivity contribution in [1.29, 1.82) is 0 Å². The van der Waals surface area contributed by atoms with Gasteiger partial charge >= 0.3 is 0 Å². The minimum absolute atomic E-state index is 0.780. The Hall–Kier alpha value is -1.40.